The maximum absolute atomic E-state index is 13.0. The third-order valence-corrected chi connectivity index (χ3v) is 5.04. The summed E-state index contributed by atoms with van der Waals surface area (Å²) < 4.78 is 1.78. The van der Waals surface area contributed by atoms with Gasteiger partial charge in [0, 0.05) is 12.7 Å². The maximum atomic E-state index is 13.0. The predicted molar refractivity (Wildman–Crippen MR) is 114 cm³/mol. The summed E-state index contributed by atoms with van der Waals surface area (Å²) in [6.45, 7) is 5.91. The zero-order valence-corrected chi connectivity index (χ0v) is 17.3. The Hall–Kier alpha value is -3.41. The molecule has 6 nitrogen and oxygen atoms in total. The highest BCUT2D eigenvalue weighted by atomic mass is 16.2. The van der Waals surface area contributed by atoms with Gasteiger partial charge < -0.3 is 10.2 Å². The van der Waals surface area contributed by atoms with Crippen molar-refractivity contribution in [1.29, 1.82) is 0 Å². The molecule has 1 N–H and O–H groups in total. The molecule has 1 aromatic heterocycles. The standard InChI is InChI=1S/C23H26N4O2/c1-5-21-19(14-24-27(21)18-11-7-6-8-12-18)23(29)26(4)15-22(28)25-20-13-9-10-16(2)17(20)3/h6-14H,5,15H2,1-4H3,(H,25,28). The lowest BCUT2D eigenvalue weighted by Crippen LogP contribution is -2.35. The highest BCUT2D eigenvalue weighted by Crippen LogP contribution is 2.19. The second-order valence-electron chi connectivity index (χ2n) is 7.06. The van der Waals surface area contributed by atoms with E-state index in [1.165, 1.54) is 4.90 Å². The van der Waals surface area contributed by atoms with E-state index >= 15 is 0 Å². The molecule has 0 saturated carbocycles. The summed E-state index contributed by atoms with van der Waals surface area (Å²) in [4.78, 5) is 26.9. The monoisotopic (exact) mass is 390 g/mol. The molecule has 29 heavy (non-hydrogen) atoms. The van der Waals surface area contributed by atoms with Gasteiger partial charge in [0.15, 0.2) is 0 Å². The number of aryl methyl sites for hydroxylation is 1. The third-order valence-electron chi connectivity index (χ3n) is 5.04. The number of carbonyl (C=O) groups is 2. The molecule has 1 heterocycles. The first kappa shape index (κ1) is 20.3. The number of hydrogen-bond donors (Lipinski definition) is 1. The summed E-state index contributed by atoms with van der Waals surface area (Å²) in [5.74, 6) is -0.455. The van der Waals surface area contributed by atoms with E-state index in [-0.39, 0.29) is 18.4 Å². The van der Waals surface area contributed by atoms with Gasteiger partial charge in [0.05, 0.1) is 29.7 Å². The zero-order valence-electron chi connectivity index (χ0n) is 17.3. The van der Waals surface area contributed by atoms with Crippen molar-refractivity contribution in [2.75, 3.05) is 18.9 Å². The Kier molecular flexibility index (Phi) is 6.12. The number of anilines is 1. The molecule has 0 aliphatic carbocycles. The number of carbonyl (C=O) groups excluding carboxylic acids is 2. The van der Waals surface area contributed by atoms with Crippen LogP contribution in [0.25, 0.3) is 5.69 Å². The number of benzene rings is 2. The number of nitrogens with one attached hydrogen (secondary N) is 1. The fourth-order valence-corrected chi connectivity index (χ4v) is 3.25. The fourth-order valence-electron chi connectivity index (χ4n) is 3.25. The number of para-hydroxylation sites is 1. The van der Waals surface area contributed by atoms with Gasteiger partial charge in [0.2, 0.25) is 5.91 Å². The van der Waals surface area contributed by atoms with E-state index in [4.69, 9.17) is 0 Å². The topological polar surface area (TPSA) is 67.2 Å². The van der Waals surface area contributed by atoms with Crippen molar-refractivity contribution in [3.63, 3.8) is 0 Å². The average molecular weight is 390 g/mol. The van der Waals surface area contributed by atoms with Crippen LogP contribution in [0.5, 0.6) is 0 Å². The summed E-state index contributed by atoms with van der Waals surface area (Å²) in [6.07, 6.45) is 2.23. The van der Waals surface area contributed by atoms with Gasteiger partial charge in [-0.05, 0) is 49.6 Å². The largest absolute Gasteiger partial charge is 0.332 e. The fraction of sp³-hybridized carbons (Fsp3) is 0.261. The molecule has 0 bridgehead atoms. The van der Waals surface area contributed by atoms with Crippen molar-refractivity contribution in [1.82, 2.24) is 14.7 Å². The first-order valence-corrected chi connectivity index (χ1v) is 9.66. The number of hydrogen-bond acceptors (Lipinski definition) is 3. The Morgan fingerprint density at radius 1 is 1.07 bits per heavy atom. The lowest BCUT2D eigenvalue weighted by atomic mass is 10.1. The smallest absolute Gasteiger partial charge is 0.257 e. The summed E-state index contributed by atoms with van der Waals surface area (Å²) in [5, 5.41) is 7.29. The van der Waals surface area contributed by atoms with Gasteiger partial charge in [-0.25, -0.2) is 4.68 Å². The van der Waals surface area contributed by atoms with E-state index in [9.17, 15) is 9.59 Å². The molecule has 3 rings (SSSR count). The third kappa shape index (κ3) is 4.37. The summed E-state index contributed by atoms with van der Waals surface area (Å²) in [5.41, 5.74) is 5.13. The van der Waals surface area contributed by atoms with E-state index < -0.39 is 0 Å². The summed E-state index contributed by atoms with van der Waals surface area (Å²) in [7, 11) is 1.63. The zero-order chi connectivity index (χ0) is 21.0. The minimum atomic E-state index is -0.233. The van der Waals surface area contributed by atoms with E-state index in [0.717, 1.165) is 28.2 Å². The van der Waals surface area contributed by atoms with Crippen LogP contribution in [0.2, 0.25) is 0 Å². The van der Waals surface area contributed by atoms with Crippen molar-refractivity contribution in [3.8, 4) is 5.69 Å². The van der Waals surface area contributed by atoms with E-state index in [2.05, 4.69) is 10.4 Å². The number of amides is 2. The lowest BCUT2D eigenvalue weighted by molar-refractivity contribution is -0.116. The van der Waals surface area contributed by atoms with Crippen LogP contribution in [0.3, 0.4) is 0 Å². The van der Waals surface area contributed by atoms with Crippen molar-refractivity contribution in [2.45, 2.75) is 27.2 Å². The lowest BCUT2D eigenvalue weighted by Gasteiger charge is -2.18. The van der Waals surface area contributed by atoms with Crippen LogP contribution in [0.1, 0.15) is 34.1 Å². The molecule has 3 aromatic rings. The van der Waals surface area contributed by atoms with Crippen LogP contribution in [0.15, 0.2) is 54.7 Å². The molecular formula is C23H26N4O2. The van der Waals surface area contributed by atoms with Crippen LogP contribution in [-0.4, -0.2) is 40.1 Å². The van der Waals surface area contributed by atoms with Gasteiger partial charge in [-0.1, -0.05) is 37.3 Å². The van der Waals surface area contributed by atoms with Crippen molar-refractivity contribution < 1.29 is 9.59 Å². The molecule has 0 radical (unpaired) electrons. The van der Waals surface area contributed by atoms with Crippen LogP contribution in [0.4, 0.5) is 5.69 Å². The summed E-state index contributed by atoms with van der Waals surface area (Å²) >= 11 is 0. The molecule has 150 valence electrons. The van der Waals surface area contributed by atoms with Gasteiger partial charge in [0.25, 0.3) is 5.91 Å². The van der Waals surface area contributed by atoms with Crippen molar-refractivity contribution in [2.24, 2.45) is 0 Å². The summed E-state index contributed by atoms with van der Waals surface area (Å²) in [6, 6.07) is 15.5. The van der Waals surface area contributed by atoms with Gasteiger partial charge >= 0.3 is 0 Å². The first-order valence-electron chi connectivity index (χ1n) is 9.66. The first-order chi connectivity index (χ1) is 13.9. The Balaban J connectivity index is 1.74. The van der Waals surface area contributed by atoms with Crippen LogP contribution >= 0.6 is 0 Å². The quantitative estimate of drug-likeness (QED) is 0.697. The molecule has 2 amide bonds. The van der Waals surface area contributed by atoms with Gasteiger partial charge in [0.1, 0.15) is 0 Å². The molecular weight excluding hydrogens is 364 g/mol. The minimum Gasteiger partial charge on any atom is -0.332 e. The van der Waals surface area contributed by atoms with Gasteiger partial charge in [-0.15, -0.1) is 0 Å². The predicted octanol–water partition coefficient (Wildman–Crippen LogP) is 3.76. The van der Waals surface area contributed by atoms with E-state index in [1.807, 2.05) is 69.3 Å². The van der Waals surface area contributed by atoms with Crippen molar-refractivity contribution in [3.05, 3.63) is 77.1 Å². The van der Waals surface area contributed by atoms with Crippen molar-refractivity contribution >= 4 is 17.5 Å². The number of aromatic nitrogens is 2. The molecule has 0 atom stereocenters. The number of rotatable bonds is 6. The normalized spacial score (nSPS) is 10.6. The highest BCUT2D eigenvalue weighted by molar-refractivity contribution is 6.00. The average Bonchev–Trinajstić information content (AvgIpc) is 3.15. The SMILES string of the molecule is CCc1c(C(=O)N(C)CC(=O)Nc2cccc(C)c2C)cnn1-c1ccccc1. The minimum absolute atomic E-state index is 0.0358. The second-order valence-corrected chi connectivity index (χ2v) is 7.06. The maximum Gasteiger partial charge on any atom is 0.257 e. The molecule has 0 aliphatic rings. The Morgan fingerprint density at radius 3 is 2.48 bits per heavy atom. The second kappa shape index (κ2) is 8.73. The van der Waals surface area contributed by atoms with Gasteiger partial charge in [-0.3, -0.25) is 9.59 Å². The Bertz CT molecular complexity index is 1020. The van der Waals surface area contributed by atoms with Crippen LogP contribution < -0.4 is 5.32 Å². The number of nitrogens with zero attached hydrogens (tertiary/aromatic N) is 3. The van der Waals surface area contributed by atoms with Crippen LogP contribution in [-0.2, 0) is 11.2 Å². The van der Waals surface area contributed by atoms with Crippen LogP contribution in [0, 0.1) is 13.8 Å². The molecule has 0 saturated heterocycles. The molecule has 6 heteroatoms. The molecule has 0 aliphatic heterocycles. The molecule has 0 spiro atoms. The highest BCUT2D eigenvalue weighted by Gasteiger charge is 2.22. The van der Waals surface area contributed by atoms with E-state index in [1.54, 1.807) is 17.9 Å². The van der Waals surface area contributed by atoms with Gasteiger partial charge in [-0.2, -0.15) is 5.10 Å². The molecule has 0 unspecified atom stereocenters. The Labute approximate surface area is 171 Å². The molecule has 2 aromatic carbocycles. The molecule has 0 fully saturated rings. The number of likely N-dealkylation sites (N-methyl/N-ethyl adjacent to an activating group) is 1. The Morgan fingerprint density at radius 2 is 1.79 bits per heavy atom. The van der Waals surface area contributed by atoms with E-state index in [0.29, 0.717) is 12.0 Å².